The maximum Gasteiger partial charge on any atom is 0.225 e. The van der Waals surface area contributed by atoms with E-state index in [9.17, 15) is 4.79 Å². The van der Waals surface area contributed by atoms with Crippen LogP contribution >= 0.6 is 0 Å². The lowest BCUT2D eigenvalue weighted by atomic mass is 9.92. The molecule has 0 radical (unpaired) electrons. The first kappa shape index (κ1) is 14.4. The summed E-state index contributed by atoms with van der Waals surface area (Å²) in [6.07, 6.45) is 11.5. The van der Waals surface area contributed by atoms with Crippen molar-refractivity contribution in [2.75, 3.05) is 7.05 Å². The number of nitrogens with zero attached hydrogens (tertiary/aromatic N) is 1. The van der Waals surface area contributed by atoms with Crippen molar-refractivity contribution in [3.8, 4) is 0 Å². The van der Waals surface area contributed by atoms with Crippen LogP contribution in [0.4, 0.5) is 0 Å². The van der Waals surface area contributed by atoms with Gasteiger partial charge in [-0.2, -0.15) is 0 Å². The highest BCUT2D eigenvalue weighted by molar-refractivity contribution is 5.78. The monoisotopic (exact) mass is 278 g/mol. The van der Waals surface area contributed by atoms with Crippen molar-refractivity contribution in [3.05, 3.63) is 0 Å². The predicted octanol–water partition coefficient (Wildman–Crippen LogP) is 2.94. The van der Waals surface area contributed by atoms with Crippen LogP contribution in [-0.2, 0) is 4.79 Å². The van der Waals surface area contributed by atoms with Crippen LogP contribution in [0.25, 0.3) is 0 Å². The molecular weight excluding hydrogens is 248 g/mol. The fourth-order valence-corrected chi connectivity index (χ4v) is 4.72. The molecule has 20 heavy (non-hydrogen) atoms. The van der Waals surface area contributed by atoms with E-state index in [0.29, 0.717) is 24.0 Å². The van der Waals surface area contributed by atoms with E-state index in [-0.39, 0.29) is 5.92 Å². The van der Waals surface area contributed by atoms with Crippen molar-refractivity contribution in [1.82, 2.24) is 10.2 Å². The molecule has 0 spiro atoms. The summed E-state index contributed by atoms with van der Waals surface area (Å²) in [6, 6.07) is 1.81. The fraction of sp³-hybridized carbons (Fsp3) is 0.941. The Balaban J connectivity index is 1.52. The van der Waals surface area contributed by atoms with Crippen molar-refractivity contribution in [3.63, 3.8) is 0 Å². The van der Waals surface area contributed by atoms with Crippen LogP contribution < -0.4 is 5.32 Å². The van der Waals surface area contributed by atoms with E-state index in [1.807, 2.05) is 7.05 Å². The Bertz CT molecular complexity index is 339. The van der Waals surface area contributed by atoms with E-state index < -0.39 is 0 Å². The number of piperidine rings is 1. The minimum Gasteiger partial charge on any atom is -0.342 e. The number of hydrogen-bond acceptors (Lipinski definition) is 2. The molecule has 2 heterocycles. The Labute approximate surface area is 123 Å². The molecule has 0 aromatic carbocycles. The van der Waals surface area contributed by atoms with Gasteiger partial charge in [0.2, 0.25) is 5.91 Å². The first-order valence-corrected chi connectivity index (χ1v) is 8.66. The Kier molecular flexibility index (Phi) is 4.34. The second kappa shape index (κ2) is 6.05. The molecule has 1 amide bonds. The molecular formula is C17H30N2O. The third-order valence-corrected chi connectivity index (χ3v) is 5.93. The summed E-state index contributed by atoms with van der Waals surface area (Å²) >= 11 is 0. The molecule has 3 heteroatoms. The molecule has 114 valence electrons. The van der Waals surface area contributed by atoms with Crippen molar-refractivity contribution in [1.29, 1.82) is 0 Å². The minimum atomic E-state index is 0.218. The Hall–Kier alpha value is -0.570. The van der Waals surface area contributed by atoms with E-state index in [4.69, 9.17) is 0 Å². The number of amides is 1. The molecule has 2 bridgehead atoms. The number of hydrogen-bond donors (Lipinski definition) is 1. The molecule has 3 atom stereocenters. The van der Waals surface area contributed by atoms with Crippen molar-refractivity contribution in [2.24, 2.45) is 11.8 Å². The van der Waals surface area contributed by atoms with Crippen LogP contribution in [0, 0.1) is 11.8 Å². The standard InChI is InChI=1S/C17H30N2O/c1-12(9-13-5-3-4-6-13)17(20)19(2)16-10-14-7-8-15(11-16)18-14/h12-16,18H,3-11H2,1-2H3. The molecule has 3 fully saturated rings. The van der Waals surface area contributed by atoms with Gasteiger partial charge >= 0.3 is 0 Å². The molecule has 2 saturated heterocycles. The predicted molar refractivity (Wildman–Crippen MR) is 81.5 cm³/mol. The lowest BCUT2D eigenvalue weighted by Gasteiger charge is -2.37. The average Bonchev–Trinajstić information content (AvgIpc) is 3.06. The van der Waals surface area contributed by atoms with Gasteiger partial charge in [-0.05, 0) is 38.0 Å². The Morgan fingerprint density at radius 1 is 1.15 bits per heavy atom. The van der Waals surface area contributed by atoms with Crippen LogP contribution in [0.5, 0.6) is 0 Å². The van der Waals surface area contributed by atoms with E-state index in [1.54, 1.807) is 0 Å². The van der Waals surface area contributed by atoms with Crippen LogP contribution in [0.15, 0.2) is 0 Å². The summed E-state index contributed by atoms with van der Waals surface area (Å²) in [5, 5.41) is 3.66. The Morgan fingerprint density at radius 2 is 1.75 bits per heavy atom. The highest BCUT2D eigenvalue weighted by atomic mass is 16.2. The van der Waals surface area contributed by atoms with Gasteiger partial charge in [-0.15, -0.1) is 0 Å². The van der Waals surface area contributed by atoms with Crippen LogP contribution in [-0.4, -0.2) is 36.0 Å². The molecule has 3 unspecified atom stereocenters. The molecule has 1 aliphatic carbocycles. The topological polar surface area (TPSA) is 32.3 Å². The van der Waals surface area contributed by atoms with Gasteiger partial charge in [-0.1, -0.05) is 32.6 Å². The van der Waals surface area contributed by atoms with Gasteiger partial charge in [0, 0.05) is 31.1 Å². The number of carbonyl (C=O) groups is 1. The van der Waals surface area contributed by atoms with Crippen molar-refractivity contribution >= 4 is 5.91 Å². The van der Waals surface area contributed by atoms with Crippen LogP contribution in [0.1, 0.15) is 64.7 Å². The maximum absolute atomic E-state index is 12.7. The Morgan fingerprint density at radius 3 is 2.35 bits per heavy atom. The zero-order valence-corrected chi connectivity index (χ0v) is 13.1. The van der Waals surface area contributed by atoms with Gasteiger partial charge in [-0.3, -0.25) is 4.79 Å². The minimum absolute atomic E-state index is 0.218. The molecule has 1 saturated carbocycles. The largest absolute Gasteiger partial charge is 0.342 e. The molecule has 2 aliphatic heterocycles. The summed E-state index contributed by atoms with van der Waals surface area (Å²) < 4.78 is 0. The third kappa shape index (κ3) is 3.03. The molecule has 3 aliphatic rings. The van der Waals surface area contributed by atoms with Crippen molar-refractivity contribution < 1.29 is 4.79 Å². The highest BCUT2D eigenvalue weighted by Crippen LogP contribution is 2.33. The lowest BCUT2D eigenvalue weighted by molar-refractivity contribution is -0.137. The van der Waals surface area contributed by atoms with E-state index in [2.05, 4.69) is 17.1 Å². The van der Waals surface area contributed by atoms with E-state index in [1.165, 1.54) is 38.5 Å². The normalized spacial score (nSPS) is 35.2. The smallest absolute Gasteiger partial charge is 0.225 e. The number of nitrogens with one attached hydrogen (secondary N) is 1. The summed E-state index contributed by atoms with van der Waals surface area (Å²) in [5.74, 6) is 1.42. The molecule has 0 aromatic heterocycles. The third-order valence-electron chi connectivity index (χ3n) is 5.93. The first-order chi connectivity index (χ1) is 9.63. The number of rotatable bonds is 4. The maximum atomic E-state index is 12.7. The van der Waals surface area contributed by atoms with Gasteiger partial charge in [0.25, 0.3) is 0 Å². The number of carbonyl (C=O) groups excluding carboxylic acids is 1. The van der Waals surface area contributed by atoms with Crippen molar-refractivity contribution in [2.45, 2.75) is 82.8 Å². The quantitative estimate of drug-likeness (QED) is 0.857. The van der Waals surface area contributed by atoms with E-state index in [0.717, 1.165) is 25.2 Å². The van der Waals surface area contributed by atoms with Crippen LogP contribution in [0.2, 0.25) is 0 Å². The molecule has 0 aromatic rings. The molecule has 1 N–H and O–H groups in total. The summed E-state index contributed by atoms with van der Waals surface area (Å²) in [4.78, 5) is 14.8. The summed E-state index contributed by atoms with van der Waals surface area (Å²) in [7, 11) is 2.04. The van der Waals surface area contributed by atoms with Gasteiger partial charge in [0.05, 0.1) is 0 Å². The average molecular weight is 278 g/mol. The van der Waals surface area contributed by atoms with Gasteiger partial charge in [0.1, 0.15) is 0 Å². The fourth-order valence-electron chi connectivity index (χ4n) is 4.72. The zero-order valence-electron chi connectivity index (χ0n) is 13.1. The van der Waals surface area contributed by atoms with E-state index >= 15 is 0 Å². The van der Waals surface area contributed by atoms with Gasteiger partial charge in [-0.25, -0.2) is 0 Å². The zero-order chi connectivity index (χ0) is 14.1. The van der Waals surface area contributed by atoms with Gasteiger partial charge < -0.3 is 10.2 Å². The SMILES string of the molecule is CC(CC1CCCC1)C(=O)N(C)C1CC2CCC(C1)N2. The highest BCUT2D eigenvalue weighted by Gasteiger charge is 2.37. The summed E-state index contributed by atoms with van der Waals surface area (Å²) in [5.41, 5.74) is 0. The summed E-state index contributed by atoms with van der Waals surface area (Å²) in [6.45, 7) is 2.15. The lowest BCUT2D eigenvalue weighted by Crippen LogP contribution is -2.49. The first-order valence-electron chi connectivity index (χ1n) is 8.66. The second-order valence-corrected chi connectivity index (χ2v) is 7.50. The van der Waals surface area contributed by atoms with Crippen LogP contribution in [0.3, 0.4) is 0 Å². The number of fused-ring (bicyclic) bond motifs is 2. The molecule has 3 nitrogen and oxygen atoms in total. The van der Waals surface area contributed by atoms with Gasteiger partial charge in [0.15, 0.2) is 0 Å². The molecule has 3 rings (SSSR count). The second-order valence-electron chi connectivity index (χ2n) is 7.50.